The van der Waals surface area contributed by atoms with Crippen LogP contribution in [0.25, 0.3) is 0 Å². The number of rotatable bonds is 2. The van der Waals surface area contributed by atoms with Gasteiger partial charge in [-0.2, -0.15) is 0 Å². The van der Waals surface area contributed by atoms with Gasteiger partial charge in [0, 0.05) is 22.9 Å². The third-order valence-electron chi connectivity index (χ3n) is 2.85. The molecule has 0 radical (unpaired) electrons. The Bertz CT molecular complexity index is 329. The number of hydrogen-bond acceptors (Lipinski definition) is 1. The maximum absolute atomic E-state index is 5.98. The van der Waals surface area contributed by atoms with Crippen molar-refractivity contribution in [3.05, 3.63) is 34.3 Å². The van der Waals surface area contributed by atoms with E-state index in [9.17, 15) is 0 Å². The Balaban J connectivity index is 2.24. The highest BCUT2D eigenvalue weighted by Crippen LogP contribution is 2.37. The van der Waals surface area contributed by atoms with Gasteiger partial charge in [-0.05, 0) is 24.5 Å². The summed E-state index contributed by atoms with van der Waals surface area (Å²) in [5.41, 5.74) is 1.22. The molecule has 1 saturated heterocycles. The minimum Gasteiger partial charge on any atom is -0.373 e. The van der Waals surface area contributed by atoms with Crippen LogP contribution in [0.3, 0.4) is 0 Å². The van der Waals surface area contributed by atoms with Crippen LogP contribution in [0.5, 0.6) is 0 Å². The van der Waals surface area contributed by atoms with Crippen molar-refractivity contribution in [3.8, 4) is 0 Å². The van der Waals surface area contributed by atoms with E-state index < -0.39 is 0 Å². The molecule has 0 bridgehead atoms. The zero-order valence-corrected chi connectivity index (χ0v) is 10.8. The molecule has 1 heterocycles. The van der Waals surface area contributed by atoms with Crippen LogP contribution >= 0.6 is 27.5 Å². The molecule has 0 saturated carbocycles. The predicted octanol–water partition coefficient (Wildman–Crippen LogP) is 4.16. The second-order valence-corrected chi connectivity index (χ2v) is 5.03. The molecule has 0 aromatic heterocycles. The number of alkyl halides is 1. The second-order valence-electron chi connectivity index (χ2n) is 3.87. The highest BCUT2D eigenvalue weighted by molar-refractivity contribution is 9.10. The van der Waals surface area contributed by atoms with Gasteiger partial charge in [0.15, 0.2) is 0 Å². The summed E-state index contributed by atoms with van der Waals surface area (Å²) < 4.78 is 6.95. The lowest BCUT2D eigenvalue weighted by Gasteiger charge is -2.31. The van der Waals surface area contributed by atoms with Crippen LogP contribution in [0.15, 0.2) is 28.7 Å². The van der Waals surface area contributed by atoms with Crippen molar-refractivity contribution in [3.63, 3.8) is 0 Å². The van der Waals surface area contributed by atoms with Crippen molar-refractivity contribution in [2.24, 2.45) is 5.92 Å². The third kappa shape index (κ3) is 2.55. The van der Waals surface area contributed by atoms with Crippen molar-refractivity contribution in [2.75, 3.05) is 12.5 Å². The Hall–Kier alpha value is -0.0500. The molecule has 1 nitrogen and oxygen atoms in total. The molecule has 0 amide bonds. The number of ether oxygens (including phenoxy) is 1. The van der Waals surface area contributed by atoms with Crippen molar-refractivity contribution < 1.29 is 4.74 Å². The first kappa shape index (κ1) is 11.4. The topological polar surface area (TPSA) is 9.23 Å². The summed E-state index contributed by atoms with van der Waals surface area (Å²) >= 11 is 9.55. The first-order valence-corrected chi connectivity index (χ1v) is 6.57. The molecule has 1 fully saturated rings. The van der Waals surface area contributed by atoms with Crippen LogP contribution in [-0.2, 0) is 4.74 Å². The molecule has 0 aliphatic carbocycles. The third-order valence-corrected chi connectivity index (χ3v) is 3.97. The predicted molar refractivity (Wildman–Crippen MR) is 66.3 cm³/mol. The maximum atomic E-state index is 5.98. The van der Waals surface area contributed by atoms with Gasteiger partial charge in [-0.1, -0.05) is 34.1 Å². The molecule has 0 N–H and O–H groups in total. The Morgan fingerprint density at radius 2 is 2.20 bits per heavy atom. The fourth-order valence-corrected chi connectivity index (χ4v) is 2.88. The molecule has 1 aromatic rings. The van der Waals surface area contributed by atoms with Gasteiger partial charge in [0.1, 0.15) is 0 Å². The van der Waals surface area contributed by atoms with Crippen molar-refractivity contribution in [2.45, 2.75) is 18.9 Å². The number of halogens is 2. The van der Waals surface area contributed by atoms with E-state index in [2.05, 4.69) is 28.1 Å². The first-order valence-electron chi connectivity index (χ1n) is 5.25. The minimum absolute atomic E-state index is 0.159. The Kier molecular flexibility index (Phi) is 4.06. The summed E-state index contributed by atoms with van der Waals surface area (Å²) in [4.78, 5) is 0. The van der Waals surface area contributed by atoms with Crippen LogP contribution in [-0.4, -0.2) is 12.5 Å². The van der Waals surface area contributed by atoms with E-state index in [-0.39, 0.29) is 6.10 Å². The van der Waals surface area contributed by atoms with Gasteiger partial charge in [-0.15, -0.1) is 11.6 Å². The lowest BCUT2D eigenvalue weighted by molar-refractivity contribution is -0.0212. The Morgan fingerprint density at radius 1 is 1.40 bits per heavy atom. The number of hydrogen-bond donors (Lipinski definition) is 0. The zero-order valence-electron chi connectivity index (χ0n) is 8.46. The van der Waals surface area contributed by atoms with Crippen molar-refractivity contribution >= 4 is 27.5 Å². The maximum Gasteiger partial charge on any atom is 0.0875 e. The molecule has 1 aliphatic heterocycles. The van der Waals surface area contributed by atoms with Gasteiger partial charge in [0.25, 0.3) is 0 Å². The van der Waals surface area contributed by atoms with E-state index in [0.717, 1.165) is 23.9 Å². The molecule has 2 rings (SSSR count). The van der Waals surface area contributed by atoms with Gasteiger partial charge >= 0.3 is 0 Å². The normalized spacial score (nSPS) is 26.5. The molecule has 82 valence electrons. The lowest BCUT2D eigenvalue weighted by atomic mass is 9.91. The molecule has 1 aromatic carbocycles. The van der Waals surface area contributed by atoms with E-state index in [1.54, 1.807) is 0 Å². The first-order chi connectivity index (χ1) is 7.33. The van der Waals surface area contributed by atoms with Crippen LogP contribution in [0.1, 0.15) is 24.5 Å². The van der Waals surface area contributed by atoms with Crippen LogP contribution < -0.4 is 0 Å². The summed E-state index contributed by atoms with van der Waals surface area (Å²) in [5, 5.41) is 0. The van der Waals surface area contributed by atoms with Gasteiger partial charge in [0.2, 0.25) is 0 Å². The molecular formula is C12H14BrClO. The summed E-state index contributed by atoms with van der Waals surface area (Å²) in [6.45, 7) is 0.847. The standard InChI is InChI=1S/C12H14BrClO/c13-11-6-2-1-5-10(11)12-9(8-14)4-3-7-15-12/h1-2,5-6,9,12H,3-4,7-8H2. The molecule has 2 unspecified atom stereocenters. The van der Waals surface area contributed by atoms with Gasteiger partial charge < -0.3 is 4.74 Å². The highest BCUT2D eigenvalue weighted by Gasteiger charge is 2.27. The molecule has 3 heteroatoms. The highest BCUT2D eigenvalue weighted by atomic mass is 79.9. The summed E-state index contributed by atoms with van der Waals surface area (Å²) in [5.74, 6) is 1.12. The lowest BCUT2D eigenvalue weighted by Crippen LogP contribution is -2.24. The van der Waals surface area contributed by atoms with Gasteiger partial charge in [-0.25, -0.2) is 0 Å². The zero-order chi connectivity index (χ0) is 10.7. The van der Waals surface area contributed by atoms with Crippen molar-refractivity contribution in [1.29, 1.82) is 0 Å². The van der Waals surface area contributed by atoms with E-state index >= 15 is 0 Å². The Morgan fingerprint density at radius 3 is 2.93 bits per heavy atom. The van der Waals surface area contributed by atoms with Crippen molar-refractivity contribution in [1.82, 2.24) is 0 Å². The summed E-state index contributed by atoms with van der Waals surface area (Å²) in [7, 11) is 0. The summed E-state index contributed by atoms with van der Waals surface area (Å²) in [6.07, 6.45) is 2.44. The Labute approximate surface area is 104 Å². The fourth-order valence-electron chi connectivity index (χ4n) is 2.05. The van der Waals surface area contributed by atoms with Crippen LogP contribution in [0, 0.1) is 5.92 Å². The van der Waals surface area contributed by atoms with Crippen LogP contribution in [0.4, 0.5) is 0 Å². The SMILES string of the molecule is ClCC1CCCOC1c1ccccc1Br. The van der Waals surface area contributed by atoms with Crippen LogP contribution in [0.2, 0.25) is 0 Å². The van der Waals surface area contributed by atoms with E-state index in [0.29, 0.717) is 11.8 Å². The van der Waals surface area contributed by atoms with E-state index in [1.807, 2.05) is 12.1 Å². The quantitative estimate of drug-likeness (QED) is 0.743. The largest absolute Gasteiger partial charge is 0.373 e. The second kappa shape index (κ2) is 5.33. The molecule has 15 heavy (non-hydrogen) atoms. The van der Waals surface area contributed by atoms with E-state index in [1.165, 1.54) is 5.56 Å². The minimum atomic E-state index is 0.159. The fraction of sp³-hybridized carbons (Fsp3) is 0.500. The molecule has 0 spiro atoms. The molecule has 2 atom stereocenters. The average molecular weight is 290 g/mol. The number of benzene rings is 1. The molecule has 1 aliphatic rings. The molecular weight excluding hydrogens is 275 g/mol. The van der Waals surface area contributed by atoms with Gasteiger partial charge in [0.05, 0.1) is 6.10 Å². The van der Waals surface area contributed by atoms with Gasteiger partial charge in [-0.3, -0.25) is 0 Å². The summed E-state index contributed by atoms with van der Waals surface area (Å²) in [6, 6.07) is 8.23. The average Bonchev–Trinajstić information content (AvgIpc) is 2.30. The monoisotopic (exact) mass is 288 g/mol. The smallest absolute Gasteiger partial charge is 0.0875 e. The van der Waals surface area contributed by atoms with E-state index in [4.69, 9.17) is 16.3 Å².